The van der Waals surface area contributed by atoms with Crippen LogP contribution in [0.3, 0.4) is 0 Å². The Morgan fingerprint density at radius 1 is 1.06 bits per heavy atom. The molecule has 3 N–H and O–H groups in total. The number of carbonyl (C=O) groups is 3. The third-order valence-corrected chi connectivity index (χ3v) is 3.85. The zero-order valence-corrected chi connectivity index (χ0v) is 18.7. The van der Waals surface area contributed by atoms with Gasteiger partial charge in [-0.3, -0.25) is 4.79 Å². The summed E-state index contributed by atoms with van der Waals surface area (Å²) >= 11 is 0. The van der Waals surface area contributed by atoms with Crippen LogP contribution in [0, 0.1) is 17.2 Å². The summed E-state index contributed by atoms with van der Waals surface area (Å²) in [5.41, 5.74) is 0.141. The first-order valence-electron chi connectivity index (χ1n) is 10.1. The fourth-order valence-electron chi connectivity index (χ4n) is 2.51. The van der Waals surface area contributed by atoms with Crippen LogP contribution in [0.15, 0.2) is 30.3 Å². The van der Waals surface area contributed by atoms with Crippen LogP contribution in [0.5, 0.6) is 0 Å². The van der Waals surface area contributed by atoms with Gasteiger partial charge in [-0.1, -0.05) is 44.2 Å². The van der Waals surface area contributed by atoms with E-state index in [0.717, 1.165) is 5.56 Å². The molecule has 2 atom stereocenters. The average Bonchev–Trinajstić information content (AvgIpc) is 2.68. The summed E-state index contributed by atoms with van der Waals surface area (Å²) in [6.45, 7) is 8.90. The van der Waals surface area contributed by atoms with Crippen molar-refractivity contribution in [2.75, 3.05) is 6.54 Å². The van der Waals surface area contributed by atoms with E-state index in [1.807, 2.05) is 50.2 Å². The van der Waals surface area contributed by atoms with Gasteiger partial charge < -0.3 is 25.4 Å². The lowest BCUT2D eigenvalue weighted by molar-refractivity contribution is -0.123. The Kier molecular flexibility index (Phi) is 10.3. The van der Waals surface area contributed by atoms with Gasteiger partial charge in [0.1, 0.15) is 24.3 Å². The van der Waals surface area contributed by atoms with E-state index in [4.69, 9.17) is 9.47 Å². The first-order chi connectivity index (χ1) is 14.5. The van der Waals surface area contributed by atoms with Gasteiger partial charge in [0.2, 0.25) is 5.91 Å². The van der Waals surface area contributed by atoms with Crippen molar-refractivity contribution < 1.29 is 23.9 Å². The fourth-order valence-corrected chi connectivity index (χ4v) is 2.51. The van der Waals surface area contributed by atoms with Crippen molar-refractivity contribution in [1.29, 1.82) is 5.26 Å². The highest BCUT2D eigenvalue weighted by Crippen LogP contribution is 2.08. The van der Waals surface area contributed by atoms with Gasteiger partial charge in [0.15, 0.2) is 0 Å². The number of hydrogen-bond acceptors (Lipinski definition) is 6. The third kappa shape index (κ3) is 11.5. The molecule has 0 fully saturated rings. The lowest BCUT2D eigenvalue weighted by Gasteiger charge is -2.23. The molecular weight excluding hydrogens is 400 g/mol. The molecule has 0 bridgehead atoms. The maximum absolute atomic E-state index is 12.7. The van der Waals surface area contributed by atoms with Gasteiger partial charge in [0, 0.05) is 0 Å². The van der Waals surface area contributed by atoms with Gasteiger partial charge in [0.25, 0.3) is 0 Å². The predicted molar refractivity (Wildman–Crippen MR) is 115 cm³/mol. The molecule has 9 heteroatoms. The number of benzene rings is 1. The van der Waals surface area contributed by atoms with Crippen LogP contribution < -0.4 is 16.0 Å². The van der Waals surface area contributed by atoms with Crippen LogP contribution in [0.4, 0.5) is 9.59 Å². The Labute approximate surface area is 183 Å². The minimum Gasteiger partial charge on any atom is -0.445 e. The van der Waals surface area contributed by atoms with E-state index in [-0.39, 0.29) is 19.1 Å². The summed E-state index contributed by atoms with van der Waals surface area (Å²) in [5.74, 6) is -0.437. The van der Waals surface area contributed by atoms with Crippen molar-refractivity contribution in [2.45, 2.75) is 65.3 Å². The smallest absolute Gasteiger partial charge is 0.408 e. The van der Waals surface area contributed by atoms with Crippen molar-refractivity contribution >= 4 is 18.1 Å². The normalized spacial score (nSPS) is 12.8. The molecule has 0 saturated heterocycles. The first-order valence-corrected chi connectivity index (χ1v) is 10.1. The molecule has 1 aromatic carbocycles. The van der Waals surface area contributed by atoms with Crippen molar-refractivity contribution in [3.05, 3.63) is 35.9 Å². The lowest BCUT2D eigenvalue weighted by atomic mass is 10.0. The second-order valence-corrected chi connectivity index (χ2v) is 8.46. The minimum atomic E-state index is -0.989. The maximum Gasteiger partial charge on any atom is 0.408 e. The van der Waals surface area contributed by atoms with Crippen LogP contribution in [-0.2, 0) is 20.9 Å². The Morgan fingerprint density at radius 3 is 2.26 bits per heavy atom. The zero-order valence-electron chi connectivity index (χ0n) is 18.7. The molecule has 3 amide bonds. The molecule has 0 heterocycles. The molecular formula is C22H32N4O5. The van der Waals surface area contributed by atoms with Gasteiger partial charge in [0.05, 0.1) is 12.6 Å². The molecule has 1 unspecified atom stereocenters. The molecule has 1 rings (SSSR count). The first kappa shape index (κ1) is 25.8. The number of alkyl carbamates (subject to hydrolysis) is 2. The molecule has 0 aliphatic rings. The van der Waals surface area contributed by atoms with E-state index in [1.54, 1.807) is 20.8 Å². The van der Waals surface area contributed by atoms with Gasteiger partial charge >= 0.3 is 12.2 Å². The molecule has 1 aromatic rings. The monoisotopic (exact) mass is 432 g/mol. The van der Waals surface area contributed by atoms with E-state index in [9.17, 15) is 19.6 Å². The molecule has 170 valence electrons. The van der Waals surface area contributed by atoms with E-state index >= 15 is 0 Å². The van der Waals surface area contributed by atoms with Crippen LogP contribution in [0.2, 0.25) is 0 Å². The highest BCUT2D eigenvalue weighted by atomic mass is 16.6. The molecule has 0 spiro atoms. The summed E-state index contributed by atoms with van der Waals surface area (Å²) in [6, 6.07) is 9.20. The third-order valence-electron chi connectivity index (χ3n) is 3.85. The van der Waals surface area contributed by atoms with Gasteiger partial charge in [-0.25, -0.2) is 9.59 Å². The number of nitriles is 1. The summed E-state index contributed by atoms with van der Waals surface area (Å²) in [4.78, 5) is 36.6. The topological polar surface area (TPSA) is 130 Å². The zero-order chi connectivity index (χ0) is 23.4. The lowest BCUT2D eigenvalue weighted by Crippen LogP contribution is -2.52. The van der Waals surface area contributed by atoms with E-state index in [1.165, 1.54) is 0 Å². The molecule has 0 saturated carbocycles. The van der Waals surface area contributed by atoms with Crippen molar-refractivity contribution in [3.8, 4) is 6.07 Å². The summed E-state index contributed by atoms with van der Waals surface area (Å²) < 4.78 is 10.3. The van der Waals surface area contributed by atoms with E-state index in [2.05, 4.69) is 16.0 Å². The van der Waals surface area contributed by atoms with Crippen LogP contribution in [0.1, 0.15) is 46.6 Å². The number of rotatable bonds is 9. The molecule has 0 aliphatic heterocycles. The standard InChI is InChI=1S/C22H32N4O5/c1-15(2)11-18(26-21(29)30-14-16-9-7-6-8-10-16)19(27)25-17(12-23)13-24-20(28)31-22(3,4)5/h6-10,15,17-18H,11,13-14H2,1-5H3,(H,24,28)(H,25,27)(H,26,29)/t17?,18-/m0/s1. The molecule has 0 radical (unpaired) electrons. The largest absolute Gasteiger partial charge is 0.445 e. The highest BCUT2D eigenvalue weighted by Gasteiger charge is 2.25. The van der Waals surface area contributed by atoms with Crippen LogP contribution >= 0.6 is 0 Å². The SMILES string of the molecule is CC(C)C[C@H](NC(=O)OCc1ccccc1)C(=O)NC(C#N)CNC(=O)OC(C)(C)C. The van der Waals surface area contributed by atoms with Gasteiger partial charge in [-0.05, 0) is 38.7 Å². The minimum absolute atomic E-state index is 0.0727. The predicted octanol–water partition coefficient (Wildman–Crippen LogP) is 2.86. The molecule has 31 heavy (non-hydrogen) atoms. The van der Waals surface area contributed by atoms with Crippen LogP contribution in [0.25, 0.3) is 0 Å². The molecule has 9 nitrogen and oxygen atoms in total. The second-order valence-electron chi connectivity index (χ2n) is 8.46. The number of ether oxygens (including phenoxy) is 2. The van der Waals surface area contributed by atoms with Crippen molar-refractivity contribution in [1.82, 2.24) is 16.0 Å². The van der Waals surface area contributed by atoms with Crippen LogP contribution in [-0.4, -0.2) is 42.3 Å². The number of amides is 3. The maximum atomic E-state index is 12.7. The Hall–Kier alpha value is -3.28. The fraction of sp³-hybridized carbons (Fsp3) is 0.545. The van der Waals surface area contributed by atoms with Crippen molar-refractivity contribution in [3.63, 3.8) is 0 Å². The number of carbonyl (C=O) groups excluding carboxylic acids is 3. The average molecular weight is 433 g/mol. The molecule has 0 aliphatic carbocycles. The number of nitrogens with one attached hydrogen (secondary N) is 3. The van der Waals surface area contributed by atoms with Gasteiger partial charge in [-0.2, -0.15) is 5.26 Å². The Morgan fingerprint density at radius 2 is 1.71 bits per heavy atom. The number of hydrogen-bond donors (Lipinski definition) is 3. The summed E-state index contributed by atoms with van der Waals surface area (Å²) in [7, 11) is 0. The Balaban J connectivity index is 2.61. The van der Waals surface area contributed by atoms with Crippen molar-refractivity contribution in [2.24, 2.45) is 5.92 Å². The van der Waals surface area contributed by atoms with Gasteiger partial charge in [-0.15, -0.1) is 0 Å². The Bertz CT molecular complexity index is 768. The summed E-state index contributed by atoms with van der Waals surface area (Å²) in [5, 5.41) is 16.8. The molecule has 0 aromatic heterocycles. The quantitative estimate of drug-likeness (QED) is 0.550. The highest BCUT2D eigenvalue weighted by molar-refractivity contribution is 5.86. The summed E-state index contributed by atoms with van der Waals surface area (Å²) in [6.07, 6.45) is -1.07. The second kappa shape index (κ2) is 12.4. The number of nitrogens with zero attached hydrogens (tertiary/aromatic N) is 1. The van der Waals surface area contributed by atoms with E-state index in [0.29, 0.717) is 6.42 Å². The van der Waals surface area contributed by atoms with E-state index < -0.39 is 35.8 Å².